The molecule has 11 heteroatoms. The Hall–Kier alpha value is -4.04. The lowest BCUT2D eigenvalue weighted by atomic mass is 10.2. The summed E-state index contributed by atoms with van der Waals surface area (Å²) < 4.78 is 70.8. The monoisotopic (exact) mass is 475 g/mol. The molecule has 3 rings (SSSR count). The van der Waals surface area contributed by atoms with Crippen LogP contribution in [0.2, 0.25) is 0 Å². The summed E-state index contributed by atoms with van der Waals surface area (Å²) in [4.78, 5) is 12.2. The van der Waals surface area contributed by atoms with Crippen molar-refractivity contribution < 1.29 is 31.1 Å². The van der Waals surface area contributed by atoms with Gasteiger partial charge in [0.25, 0.3) is 15.9 Å². The number of alkyl halides is 3. The quantitative estimate of drug-likeness (QED) is 0.517. The highest BCUT2D eigenvalue weighted by atomic mass is 32.2. The second-order valence-corrected chi connectivity index (χ2v) is 8.32. The fourth-order valence-corrected chi connectivity index (χ4v) is 3.79. The first-order chi connectivity index (χ1) is 15.6. The van der Waals surface area contributed by atoms with Crippen LogP contribution in [0.5, 0.6) is 5.75 Å². The van der Waals surface area contributed by atoms with Crippen LogP contribution in [-0.2, 0) is 16.2 Å². The highest BCUT2D eigenvalue weighted by molar-refractivity contribution is 7.92. The van der Waals surface area contributed by atoms with E-state index in [4.69, 9.17) is 10.00 Å². The summed E-state index contributed by atoms with van der Waals surface area (Å²) in [5.74, 6) is -0.140. The molecule has 0 radical (unpaired) electrons. The number of nitrogens with one attached hydrogen (secondary N) is 2. The highest BCUT2D eigenvalue weighted by Gasteiger charge is 2.30. The number of hydrogen-bond acceptors (Lipinski definition) is 5. The van der Waals surface area contributed by atoms with E-state index in [1.165, 1.54) is 24.3 Å². The standard InChI is InChI=1S/C22H16F3N3O4S/c23-22(24,25)16-3-1-5-18(13-16)28-33(30,31)20-9-7-15(8-10-20)21(29)27-17-4-2-6-19(14-17)32-12-11-26/h1-10,13-14,28H,12H2,(H,27,29). The molecule has 0 spiro atoms. The molecule has 0 heterocycles. The summed E-state index contributed by atoms with van der Waals surface area (Å²) in [7, 11) is -4.18. The van der Waals surface area contributed by atoms with Gasteiger partial charge in [0.1, 0.15) is 11.8 Å². The molecule has 170 valence electrons. The molecule has 3 aromatic rings. The maximum absolute atomic E-state index is 12.8. The van der Waals surface area contributed by atoms with Gasteiger partial charge in [-0.3, -0.25) is 9.52 Å². The van der Waals surface area contributed by atoms with Crippen molar-refractivity contribution in [2.45, 2.75) is 11.1 Å². The molecule has 0 saturated carbocycles. The van der Waals surface area contributed by atoms with Crippen LogP contribution in [0.1, 0.15) is 15.9 Å². The Morgan fingerprint density at radius 1 is 0.970 bits per heavy atom. The van der Waals surface area contributed by atoms with Gasteiger partial charge in [-0.25, -0.2) is 8.42 Å². The Morgan fingerprint density at radius 3 is 2.30 bits per heavy atom. The Bertz CT molecular complexity index is 1300. The number of amides is 1. The Kier molecular flexibility index (Phi) is 6.89. The van der Waals surface area contributed by atoms with Crippen LogP contribution >= 0.6 is 0 Å². The minimum Gasteiger partial charge on any atom is -0.479 e. The molecule has 0 unspecified atom stereocenters. The first-order valence-corrected chi connectivity index (χ1v) is 10.8. The van der Waals surface area contributed by atoms with Crippen LogP contribution in [0.15, 0.2) is 77.7 Å². The Labute approximate surface area is 187 Å². The van der Waals surface area contributed by atoms with Gasteiger partial charge in [0.2, 0.25) is 0 Å². The van der Waals surface area contributed by atoms with Crippen LogP contribution in [-0.4, -0.2) is 20.9 Å². The van der Waals surface area contributed by atoms with E-state index in [9.17, 15) is 26.4 Å². The fourth-order valence-electron chi connectivity index (χ4n) is 2.74. The number of ether oxygens (including phenoxy) is 1. The molecular weight excluding hydrogens is 459 g/mol. The first kappa shape index (κ1) is 23.6. The minimum atomic E-state index is -4.61. The van der Waals surface area contributed by atoms with Crippen molar-refractivity contribution in [3.8, 4) is 11.8 Å². The number of nitrogens with zero attached hydrogens (tertiary/aromatic N) is 1. The van der Waals surface area contributed by atoms with E-state index in [2.05, 4.69) is 10.0 Å². The average molecular weight is 475 g/mol. The third kappa shape index (κ3) is 6.24. The zero-order valence-corrected chi connectivity index (χ0v) is 17.6. The van der Waals surface area contributed by atoms with Crippen molar-refractivity contribution in [1.29, 1.82) is 5.26 Å². The van der Waals surface area contributed by atoms with Gasteiger partial charge in [-0.05, 0) is 54.6 Å². The number of anilines is 2. The van der Waals surface area contributed by atoms with E-state index in [1.54, 1.807) is 18.2 Å². The van der Waals surface area contributed by atoms with Crippen molar-refractivity contribution in [2.75, 3.05) is 16.6 Å². The number of carbonyl (C=O) groups is 1. The first-order valence-electron chi connectivity index (χ1n) is 9.30. The summed E-state index contributed by atoms with van der Waals surface area (Å²) in [5, 5.41) is 11.2. The van der Waals surface area contributed by atoms with E-state index in [-0.39, 0.29) is 22.8 Å². The molecule has 0 aromatic heterocycles. The number of halogens is 3. The SMILES string of the molecule is N#CCOc1cccc(NC(=O)c2ccc(S(=O)(=O)Nc3cccc(C(F)(F)F)c3)cc2)c1. The Balaban J connectivity index is 1.72. The summed E-state index contributed by atoms with van der Waals surface area (Å²) in [6.45, 7) is -0.151. The molecule has 2 N–H and O–H groups in total. The number of benzene rings is 3. The average Bonchev–Trinajstić information content (AvgIpc) is 2.77. The molecular formula is C22H16F3N3O4S. The maximum atomic E-state index is 12.8. The lowest BCUT2D eigenvalue weighted by molar-refractivity contribution is -0.137. The fraction of sp³-hybridized carbons (Fsp3) is 0.0909. The molecule has 7 nitrogen and oxygen atoms in total. The van der Waals surface area contributed by atoms with Crippen LogP contribution in [0.25, 0.3) is 0 Å². The van der Waals surface area contributed by atoms with Crippen LogP contribution in [0.4, 0.5) is 24.5 Å². The van der Waals surface area contributed by atoms with E-state index in [1.807, 2.05) is 6.07 Å². The lowest BCUT2D eigenvalue weighted by Gasteiger charge is -2.12. The van der Waals surface area contributed by atoms with Crippen molar-refractivity contribution in [3.05, 3.63) is 83.9 Å². The van der Waals surface area contributed by atoms with E-state index in [0.29, 0.717) is 17.5 Å². The van der Waals surface area contributed by atoms with Gasteiger partial charge >= 0.3 is 6.18 Å². The molecule has 33 heavy (non-hydrogen) atoms. The van der Waals surface area contributed by atoms with Gasteiger partial charge in [-0.1, -0.05) is 12.1 Å². The van der Waals surface area contributed by atoms with Crippen molar-refractivity contribution in [1.82, 2.24) is 0 Å². The van der Waals surface area contributed by atoms with Gasteiger partial charge in [0.15, 0.2) is 6.61 Å². The molecule has 3 aromatic carbocycles. The van der Waals surface area contributed by atoms with E-state index >= 15 is 0 Å². The largest absolute Gasteiger partial charge is 0.479 e. The number of rotatable bonds is 7. The van der Waals surface area contributed by atoms with Crippen molar-refractivity contribution in [3.63, 3.8) is 0 Å². The zero-order valence-electron chi connectivity index (χ0n) is 16.8. The second-order valence-electron chi connectivity index (χ2n) is 6.64. The molecule has 1 amide bonds. The maximum Gasteiger partial charge on any atom is 0.416 e. The van der Waals surface area contributed by atoms with Crippen molar-refractivity contribution >= 4 is 27.3 Å². The minimum absolute atomic E-state index is 0.149. The van der Waals surface area contributed by atoms with Gasteiger partial charge in [-0.2, -0.15) is 18.4 Å². The summed E-state index contributed by atoms with van der Waals surface area (Å²) >= 11 is 0. The summed E-state index contributed by atoms with van der Waals surface area (Å²) in [5.41, 5.74) is -0.684. The second kappa shape index (κ2) is 9.62. The molecule has 0 aliphatic carbocycles. The number of hydrogen-bond donors (Lipinski definition) is 2. The van der Waals surface area contributed by atoms with Gasteiger partial charge in [-0.15, -0.1) is 0 Å². The molecule has 0 bridgehead atoms. The normalized spacial score (nSPS) is 11.3. The van der Waals surface area contributed by atoms with Gasteiger partial charge in [0.05, 0.1) is 10.5 Å². The predicted molar refractivity (Wildman–Crippen MR) is 114 cm³/mol. The molecule has 0 aliphatic heterocycles. The van der Waals surface area contributed by atoms with E-state index < -0.39 is 27.7 Å². The van der Waals surface area contributed by atoms with Crippen LogP contribution < -0.4 is 14.8 Å². The van der Waals surface area contributed by atoms with E-state index in [0.717, 1.165) is 24.3 Å². The van der Waals surface area contributed by atoms with Crippen molar-refractivity contribution in [2.24, 2.45) is 0 Å². The smallest absolute Gasteiger partial charge is 0.416 e. The molecule has 0 saturated heterocycles. The van der Waals surface area contributed by atoms with Gasteiger partial charge < -0.3 is 10.1 Å². The third-order valence-corrected chi connectivity index (χ3v) is 5.66. The van der Waals surface area contributed by atoms with Crippen LogP contribution in [0, 0.1) is 11.3 Å². The highest BCUT2D eigenvalue weighted by Crippen LogP contribution is 2.31. The number of nitriles is 1. The molecule has 0 aliphatic rings. The summed E-state index contributed by atoms with van der Waals surface area (Å²) in [6.07, 6.45) is -4.61. The third-order valence-electron chi connectivity index (χ3n) is 4.26. The zero-order chi connectivity index (χ0) is 24.1. The molecule has 0 atom stereocenters. The predicted octanol–water partition coefficient (Wildman–Crippen LogP) is 4.66. The number of carbonyl (C=O) groups excluding carboxylic acids is 1. The van der Waals surface area contributed by atoms with Crippen LogP contribution in [0.3, 0.4) is 0 Å². The van der Waals surface area contributed by atoms with Gasteiger partial charge in [0, 0.05) is 23.0 Å². The molecule has 0 fully saturated rings. The lowest BCUT2D eigenvalue weighted by Crippen LogP contribution is -2.15. The Morgan fingerprint density at radius 2 is 1.64 bits per heavy atom. The topological polar surface area (TPSA) is 108 Å². The number of sulfonamides is 1. The summed E-state index contributed by atoms with van der Waals surface area (Å²) in [6, 6.07) is 16.9.